The molecule has 0 saturated heterocycles. The number of hydrogen-bond donors (Lipinski definition) is 1. The Labute approximate surface area is 93.9 Å². The molecule has 0 aliphatic rings. The molecule has 0 spiro atoms. The molecule has 3 nitrogen and oxygen atoms in total. The predicted molar refractivity (Wildman–Crippen MR) is 60.2 cm³/mol. The van der Waals surface area contributed by atoms with Gasteiger partial charge >= 0.3 is 5.97 Å². The number of hydrogen-bond acceptors (Lipinski definition) is 4. The molecule has 1 rings (SSSR count). The van der Waals surface area contributed by atoms with E-state index in [4.69, 9.17) is 0 Å². The maximum Gasteiger partial charge on any atom is 0.319 e. The molecule has 1 aromatic rings. The third-order valence-corrected chi connectivity index (χ3v) is 2.56. The normalized spacial score (nSPS) is 9.21. The summed E-state index contributed by atoms with van der Waals surface area (Å²) in [5.74, 6) is -0.217. The van der Waals surface area contributed by atoms with Gasteiger partial charge in [0.1, 0.15) is 0 Å². The number of esters is 1. The van der Waals surface area contributed by atoms with Crippen molar-refractivity contribution in [3.05, 3.63) is 22.4 Å². The van der Waals surface area contributed by atoms with Crippen molar-refractivity contribution in [2.45, 2.75) is 6.42 Å². The molecule has 0 atom stereocenters. The number of carbonyl (C=O) groups excluding carboxylic acids is 1. The summed E-state index contributed by atoms with van der Waals surface area (Å²) >= 11 is 1.73. The Morgan fingerprint density at radius 3 is 3.00 bits per heavy atom. The summed E-state index contributed by atoms with van der Waals surface area (Å²) in [4.78, 5) is 12.0. The molecule has 5 heteroatoms. The van der Waals surface area contributed by atoms with Gasteiger partial charge in [-0.15, -0.1) is 23.7 Å². The lowest BCUT2D eigenvalue weighted by atomic mass is 10.3. The van der Waals surface area contributed by atoms with E-state index in [9.17, 15) is 4.79 Å². The first-order valence-corrected chi connectivity index (χ1v) is 5.01. The lowest BCUT2D eigenvalue weighted by Crippen LogP contribution is -2.25. The predicted octanol–water partition coefficient (Wildman–Crippen LogP) is 1.47. The van der Waals surface area contributed by atoms with Gasteiger partial charge in [0, 0.05) is 11.4 Å². The largest absolute Gasteiger partial charge is 0.468 e. The second-order valence-corrected chi connectivity index (χ2v) is 3.61. The topological polar surface area (TPSA) is 38.3 Å². The highest BCUT2D eigenvalue weighted by Crippen LogP contribution is 2.07. The smallest absolute Gasteiger partial charge is 0.319 e. The van der Waals surface area contributed by atoms with Gasteiger partial charge in [-0.3, -0.25) is 4.79 Å². The highest BCUT2D eigenvalue weighted by Gasteiger charge is 1.98. The van der Waals surface area contributed by atoms with Gasteiger partial charge in [0.25, 0.3) is 0 Å². The number of methoxy groups -OCH3 is 1. The third kappa shape index (κ3) is 5.21. The zero-order chi connectivity index (χ0) is 9.52. The van der Waals surface area contributed by atoms with Gasteiger partial charge in [-0.1, -0.05) is 6.07 Å². The van der Waals surface area contributed by atoms with Crippen molar-refractivity contribution in [1.29, 1.82) is 0 Å². The van der Waals surface area contributed by atoms with Crippen molar-refractivity contribution in [2.24, 2.45) is 0 Å². The van der Waals surface area contributed by atoms with E-state index in [1.54, 1.807) is 11.3 Å². The molecule has 1 N–H and O–H groups in total. The molecule has 80 valence electrons. The van der Waals surface area contributed by atoms with Crippen molar-refractivity contribution in [3.63, 3.8) is 0 Å². The molecule has 14 heavy (non-hydrogen) atoms. The van der Waals surface area contributed by atoms with E-state index in [2.05, 4.69) is 21.5 Å². The van der Waals surface area contributed by atoms with Crippen LogP contribution in [0.4, 0.5) is 0 Å². The summed E-state index contributed by atoms with van der Waals surface area (Å²) in [5, 5.41) is 5.06. The first-order valence-electron chi connectivity index (χ1n) is 4.13. The van der Waals surface area contributed by atoms with Crippen LogP contribution >= 0.6 is 23.7 Å². The molecular formula is C9H14ClNO2S. The number of halogens is 1. The number of thiophene rings is 1. The molecule has 0 fully saturated rings. The van der Waals surface area contributed by atoms with E-state index >= 15 is 0 Å². The Morgan fingerprint density at radius 2 is 2.43 bits per heavy atom. The van der Waals surface area contributed by atoms with E-state index in [1.807, 2.05) is 6.07 Å². The van der Waals surface area contributed by atoms with Crippen LogP contribution in [0.3, 0.4) is 0 Å². The standard InChI is InChI=1S/C9H13NO2S.ClH/c1-12-9(11)7-10-5-4-8-3-2-6-13-8;/h2-3,6,10H,4-5,7H2,1H3;1H. The molecule has 1 aromatic heterocycles. The summed E-state index contributed by atoms with van der Waals surface area (Å²) in [7, 11) is 1.39. The van der Waals surface area contributed by atoms with Crippen LogP contribution in [0.2, 0.25) is 0 Å². The summed E-state index contributed by atoms with van der Waals surface area (Å²) < 4.78 is 4.49. The van der Waals surface area contributed by atoms with E-state index < -0.39 is 0 Å². The quantitative estimate of drug-likeness (QED) is 0.621. The average Bonchev–Trinajstić information content (AvgIpc) is 2.64. The van der Waals surface area contributed by atoms with Gasteiger partial charge in [0.05, 0.1) is 13.7 Å². The monoisotopic (exact) mass is 235 g/mol. The minimum atomic E-state index is -0.217. The molecule has 0 unspecified atom stereocenters. The minimum absolute atomic E-state index is 0. The van der Waals surface area contributed by atoms with Crippen LogP contribution in [0, 0.1) is 0 Å². The molecule has 0 radical (unpaired) electrons. The van der Waals surface area contributed by atoms with Crippen LogP contribution in [-0.2, 0) is 16.0 Å². The van der Waals surface area contributed by atoms with Gasteiger partial charge in [0.2, 0.25) is 0 Å². The van der Waals surface area contributed by atoms with Gasteiger partial charge < -0.3 is 10.1 Å². The second kappa shape index (κ2) is 7.79. The van der Waals surface area contributed by atoms with Gasteiger partial charge in [-0.05, 0) is 17.9 Å². The van der Waals surface area contributed by atoms with E-state index in [1.165, 1.54) is 12.0 Å². The fourth-order valence-electron chi connectivity index (χ4n) is 0.929. The Kier molecular flexibility index (Phi) is 7.47. The van der Waals surface area contributed by atoms with E-state index in [0.717, 1.165) is 13.0 Å². The fourth-order valence-corrected chi connectivity index (χ4v) is 1.64. The Hall–Kier alpha value is -0.580. The summed E-state index contributed by atoms with van der Waals surface area (Å²) in [6.45, 7) is 1.11. The van der Waals surface area contributed by atoms with Crippen LogP contribution in [-0.4, -0.2) is 26.2 Å². The summed E-state index contributed by atoms with van der Waals surface area (Å²) in [5.41, 5.74) is 0. The lowest BCUT2D eigenvalue weighted by molar-refractivity contribution is -0.139. The highest BCUT2D eigenvalue weighted by molar-refractivity contribution is 7.09. The number of nitrogens with one attached hydrogen (secondary N) is 1. The number of rotatable bonds is 5. The van der Waals surface area contributed by atoms with Crippen molar-refractivity contribution in [1.82, 2.24) is 5.32 Å². The van der Waals surface area contributed by atoms with Gasteiger partial charge in [-0.2, -0.15) is 0 Å². The van der Waals surface area contributed by atoms with Crippen LogP contribution in [0.25, 0.3) is 0 Å². The average molecular weight is 236 g/mol. The molecule has 1 heterocycles. The van der Waals surface area contributed by atoms with Crippen molar-refractivity contribution < 1.29 is 9.53 Å². The summed E-state index contributed by atoms with van der Waals surface area (Å²) in [6.07, 6.45) is 0.967. The highest BCUT2D eigenvalue weighted by atomic mass is 35.5. The van der Waals surface area contributed by atoms with Crippen LogP contribution in [0.1, 0.15) is 4.88 Å². The first kappa shape index (κ1) is 13.4. The Morgan fingerprint density at radius 1 is 1.64 bits per heavy atom. The van der Waals surface area contributed by atoms with Gasteiger partial charge in [-0.25, -0.2) is 0 Å². The SMILES string of the molecule is COC(=O)CNCCc1cccs1.Cl. The zero-order valence-electron chi connectivity index (χ0n) is 7.99. The molecule has 0 aromatic carbocycles. The molecule has 0 amide bonds. The molecule has 0 saturated carbocycles. The third-order valence-electron chi connectivity index (χ3n) is 1.63. The zero-order valence-corrected chi connectivity index (χ0v) is 9.62. The second-order valence-electron chi connectivity index (χ2n) is 2.58. The van der Waals surface area contributed by atoms with Crippen molar-refractivity contribution in [2.75, 3.05) is 20.2 Å². The maximum absolute atomic E-state index is 10.7. The van der Waals surface area contributed by atoms with E-state index in [-0.39, 0.29) is 18.4 Å². The Bertz CT molecular complexity index is 251. The molecule has 0 aliphatic carbocycles. The maximum atomic E-state index is 10.7. The van der Waals surface area contributed by atoms with Crippen molar-refractivity contribution >= 4 is 29.7 Å². The number of ether oxygens (including phenoxy) is 1. The van der Waals surface area contributed by atoms with E-state index in [0.29, 0.717) is 6.54 Å². The van der Waals surface area contributed by atoms with Crippen LogP contribution in [0.5, 0.6) is 0 Å². The molecular weight excluding hydrogens is 222 g/mol. The molecule has 0 bridgehead atoms. The number of carbonyl (C=O) groups is 1. The first-order chi connectivity index (χ1) is 6.33. The molecule has 0 aliphatic heterocycles. The van der Waals surface area contributed by atoms with Crippen LogP contribution < -0.4 is 5.32 Å². The van der Waals surface area contributed by atoms with Crippen molar-refractivity contribution in [3.8, 4) is 0 Å². The van der Waals surface area contributed by atoms with Gasteiger partial charge in [0.15, 0.2) is 0 Å². The van der Waals surface area contributed by atoms with Crippen LogP contribution in [0.15, 0.2) is 17.5 Å². The fraction of sp³-hybridized carbons (Fsp3) is 0.444. The lowest BCUT2D eigenvalue weighted by Gasteiger charge is -2.01. The Balaban J connectivity index is 0.00000169. The summed E-state index contributed by atoms with van der Waals surface area (Å²) in [6, 6.07) is 4.12. The minimum Gasteiger partial charge on any atom is -0.468 e.